The van der Waals surface area contributed by atoms with Gasteiger partial charge in [0.15, 0.2) is 6.61 Å². The van der Waals surface area contributed by atoms with Crippen molar-refractivity contribution in [3.63, 3.8) is 0 Å². The number of carbonyl (C=O) groups excluding carboxylic acids is 1. The molecule has 0 aromatic heterocycles. The van der Waals surface area contributed by atoms with Crippen LogP contribution in [0.25, 0.3) is 0 Å². The standard InChI is InChI=1S/C17H16Cl2N2O2/c1-2-12-6-8-14(9-7-12)23-11-16(22)21-20-10-13-4-3-5-15(18)17(13)19/h3-10H,2,11H2,1H3,(H,21,22)/b20-10+. The molecule has 0 spiro atoms. The number of benzene rings is 2. The summed E-state index contributed by atoms with van der Waals surface area (Å²) in [5.74, 6) is 0.276. The Labute approximate surface area is 145 Å². The molecular formula is C17H16Cl2N2O2. The summed E-state index contributed by atoms with van der Waals surface area (Å²) < 4.78 is 5.38. The van der Waals surface area contributed by atoms with Gasteiger partial charge in [-0.3, -0.25) is 4.79 Å². The smallest absolute Gasteiger partial charge is 0.277 e. The Balaban J connectivity index is 1.82. The van der Waals surface area contributed by atoms with Gasteiger partial charge in [0.05, 0.1) is 16.3 Å². The molecule has 23 heavy (non-hydrogen) atoms. The normalized spacial score (nSPS) is 10.7. The minimum Gasteiger partial charge on any atom is -0.484 e. The fourth-order valence-corrected chi connectivity index (χ4v) is 2.15. The molecule has 0 aliphatic heterocycles. The summed E-state index contributed by atoms with van der Waals surface area (Å²) in [5, 5.41) is 4.66. The van der Waals surface area contributed by atoms with Crippen LogP contribution in [0, 0.1) is 0 Å². The van der Waals surface area contributed by atoms with E-state index in [1.165, 1.54) is 11.8 Å². The third-order valence-corrected chi connectivity index (χ3v) is 3.91. The second-order valence-electron chi connectivity index (χ2n) is 4.72. The number of halogens is 2. The van der Waals surface area contributed by atoms with Crippen molar-refractivity contribution in [2.24, 2.45) is 5.10 Å². The van der Waals surface area contributed by atoms with Crippen LogP contribution in [0.15, 0.2) is 47.6 Å². The quantitative estimate of drug-likeness (QED) is 0.630. The fraction of sp³-hybridized carbons (Fsp3) is 0.176. The fourth-order valence-electron chi connectivity index (χ4n) is 1.80. The zero-order valence-electron chi connectivity index (χ0n) is 12.6. The molecule has 0 saturated carbocycles. The molecule has 2 aromatic carbocycles. The molecule has 4 nitrogen and oxygen atoms in total. The number of carbonyl (C=O) groups is 1. The van der Waals surface area contributed by atoms with Gasteiger partial charge in [0.2, 0.25) is 0 Å². The van der Waals surface area contributed by atoms with E-state index in [-0.39, 0.29) is 12.5 Å². The van der Waals surface area contributed by atoms with Gasteiger partial charge in [-0.25, -0.2) is 5.43 Å². The van der Waals surface area contributed by atoms with E-state index in [9.17, 15) is 4.79 Å². The number of nitrogens with zero attached hydrogens (tertiary/aromatic N) is 1. The first-order chi connectivity index (χ1) is 11.1. The Morgan fingerprint density at radius 3 is 2.65 bits per heavy atom. The second kappa shape index (κ2) is 8.56. The van der Waals surface area contributed by atoms with Gasteiger partial charge in [-0.1, -0.05) is 54.4 Å². The summed E-state index contributed by atoms with van der Waals surface area (Å²) in [6.07, 6.45) is 2.39. The molecule has 0 saturated heterocycles. The molecule has 0 bridgehead atoms. The predicted octanol–water partition coefficient (Wildman–Crippen LogP) is 4.08. The van der Waals surface area contributed by atoms with Gasteiger partial charge in [-0.2, -0.15) is 5.10 Å². The van der Waals surface area contributed by atoms with Crippen LogP contribution in [0.3, 0.4) is 0 Å². The van der Waals surface area contributed by atoms with Gasteiger partial charge in [-0.05, 0) is 30.2 Å². The van der Waals surface area contributed by atoms with E-state index in [2.05, 4.69) is 17.5 Å². The maximum Gasteiger partial charge on any atom is 0.277 e. The molecule has 2 aromatic rings. The van der Waals surface area contributed by atoms with Crippen LogP contribution in [0.1, 0.15) is 18.1 Å². The van der Waals surface area contributed by atoms with Gasteiger partial charge in [0.25, 0.3) is 5.91 Å². The monoisotopic (exact) mass is 350 g/mol. The van der Waals surface area contributed by atoms with Crippen LogP contribution >= 0.6 is 23.2 Å². The lowest BCUT2D eigenvalue weighted by molar-refractivity contribution is -0.123. The summed E-state index contributed by atoms with van der Waals surface area (Å²) in [7, 11) is 0. The van der Waals surface area contributed by atoms with Crippen molar-refractivity contribution >= 4 is 35.3 Å². The van der Waals surface area contributed by atoms with Gasteiger partial charge < -0.3 is 4.74 Å². The van der Waals surface area contributed by atoms with Gasteiger partial charge in [0, 0.05) is 5.56 Å². The lowest BCUT2D eigenvalue weighted by Gasteiger charge is -2.05. The van der Waals surface area contributed by atoms with Gasteiger partial charge in [0.1, 0.15) is 5.75 Å². The van der Waals surface area contributed by atoms with E-state index in [1.54, 1.807) is 18.2 Å². The molecule has 1 amide bonds. The molecule has 0 aliphatic carbocycles. The Bertz CT molecular complexity index is 700. The summed E-state index contributed by atoms with van der Waals surface area (Å²) >= 11 is 11.9. The maximum atomic E-state index is 11.7. The van der Waals surface area contributed by atoms with Crippen LogP contribution < -0.4 is 10.2 Å². The Hall–Kier alpha value is -2.04. The zero-order valence-corrected chi connectivity index (χ0v) is 14.1. The number of nitrogens with one attached hydrogen (secondary N) is 1. The lowest BCUT2D eigenvalue weighted by Crippen LogP contribution is -2.24. The number of amides is 1. The third-order valence-electron chi connectivity index (χ3n) is 3.08. The molecule has 0 heterocycles. The molecule has 0 fully saturated rings. The van der Waals surface area contributed by atoms with Crippen molar-refractivity contribution in [2.45, 2.75) is 13.3 Å². The number of hydrazone groups is 1. The molecule has 0 radical (unpaired) electrons. The van der Waals surface area contributed by atoms with E-state index in [0.29, 0.717) is 21.4 Å². The van der Waals surface area contributed by atoms with Crippen LogP contribution in [0.4, 0.5) is 0 Å². The number of hydrogen-bond donors (Lipinski definition) is 1. The lowest BCUT2D eigenvalue weighted by atomic mass is 10.2. The molecular weight excluding hydrogens is 335 g/mol. The molecule has 2 rings (SSSR count). The SMILES string of the molecule is CCc1ccc(OCC(=O)N/N=C/c2cccc(Cl)c2Cl)cc1. The Morgan fingerprint density at radius 2 is 1.96 bits per heavy atom. The molecule has 0 unspecified atom stereocenters. The topological polar surface area (TPSA) is 50.7 Å². The van der Waals surface area contributed by atoms with Crippen molar-refractivity contribution in [3.8, 4) is 5.75 Å². The largest absolute Gasteiger partial charge is 0.484 e. The van der Waals surface area contributed by atoms with Crippen molar-refractivity contribution < 1.29 is 9.53 Å². The minimum absolute atomic E-state index is 0.119. The van der Waals surface area contributed by atoms with Crippen molar-refractivity contribution in [3.05, 3.63) is 63.6 Å². The van der Waals surface area contributed by atoms with Crippen LogP contribution in [-0.2, 0) is 11.2 Å². The van der Waals surface area contributed by atoms with E-state index in [0.717, 1.165) is 6.42 Å². The van der Waals surface area contributed by atoms with Crippen LogP contribution in [0.2, 0.25) is 10.0 Å². The first-order valence-corrected chi connectivity index (χ1v) is 7.83. The van der Waals surface area contributed by atoms with Crippen LogP contribution in [-0.4, -0.2) is 18.7 Å². The average Bonchev–Trinajstić information content (AvgIpc) is 2.57. The zero-order chi connectivity index (χ0) is 16.7. The molecule has 120 valence electrons. The number of hydrogen-bond acceptors (Lipinski definition) is 3. The number of rotatable bonds is 6. The third kappa shape index (κ3) is 5.27. The Morgan fingerprint density at radius 1 is 1.22 bits per heavy atom. The highest BCUT2D eigenvalue weighted by Crippen LogP contribution is 2.24. The van der Waals surface area contributed by atoms with Gasteiger partial charge >= 0.3 is 0 Å². The number of aryl methyl sites for hydroxylation is 1. The Kier molecular flexibility index (Phi) is 6.44. The van der Waals surface area contributed by atoms with E-state index >= 15 is 0 Å². The second-order valence-corrected chi connectivity index (χ2v) is 5.51. The first-order valence-electron chi connectivity index (χ1n) is 7.07. The highest BCUT2D eigenvalue weighted by Gasteiger charge is 2.03. The highest BCUT2D eigenvalue weighted by molar-refractivity contribution is 6.43. The number of ether oxygens (including phenoxy) is 1. The molecule has 1 N–H and O–H groups in total. The highest BCUT2D eigenvalue weighted by atomic mass is 35.5. The average molecular weight is 351 g/mol. The predicted molar refractivity (Wildman–Crippen MR) is 93.5 cm³/mol. The van der Waals surface area contributed by atoms with Crippen molar-refractivity contribution in [1.82, 2.24) is 5.43 Å². The van der Waals surface area contributed by atoms with Crippen molar-refractivity contribution in [1.29, 1.82) is 0 Å². The molecule has 0 aliphatic rings. The van der Waals surface area contributed by atoms with Crippen molar-refractivity contribution in [2.75, 3.05) is 6.61 Å². The summed E-state index contributed by atoms with van der Waals surface area (Å²) in [6.45, 7) is 1.96. The van der Waals surface area contributed by atoms with Gasteiger partial charge in [-0.15, -0.1) is 0 Å². The molecule has 6 heteroatoms. The first kappa shape index (κ1) is 17.3. The van der Waals surface area contributed by atoms with E-state index < -0.39 is 0 Å². The van der Waals surface area contributed by atoms with E-state index in [4.69, 9.17) is 27.9 Å². The molecule has 0 atom stereocenters. The summed E-state index contributed by atoms with van der Waals surface area (Å²) in [5.41, 5.74) is 4.21. The van der Waals surface area contributed by atoms with Crippen LogP contribution in [0.5, 0.6) is 5.75 Å². The minimum atomic E-state index is -0.362. The summed E-state index contributed by atoms with van der Waals surface area (Å²) in [4.78, 5) is 11.7. The summed E-state index contributed by atoms with van der Waals surface area (Å²) in [6, 6.07) is 12.8. The van der Waals surface area contributed by atoms with E-state index in [1.807, 2.05) is 24.3 Å². The maximum absolute atomic E-state index is 11.7.